The molecule has 0 unspecified atom stereocenters. The molecule has 0 aliphatic heterocycles. The molecule has 0 atom stereocenters. The maximum Gasteiger partial charge on any atom is 0.187 e. The molecule has 1 aromatic rings. The highest BCUT2D eigenvalue weighted by atomic mass is 32.2. The van der Waals surface area contributed by atoms with E-state index >= 15 is 0 Å². The van der Waals surface area contributed by atoms with Crippen molar-refractivity contribution in [1.82, 2.24) is 4.37 Å². The van der Waals surface area contributed by atoms with Gasteiger partial charge in [0.05, 0.1) is 5.25 Å². The third-order valence-electron chi connectivity index (χ3n) is 4.51. The summed E-state index contributed by atoms with van der Waals surface area (Å²) in [6.45, 7) is 0.898. The van der Waals surface area contributed by atoms with Gasteiger partial charge in [0, 0.05) is 13.6 Å². The van der Waals surface area contributed by atoms with Crippen molar-refractivity contribution >= 4 is 32.2 Å². The lowest BCUT2D eigenvalue weighted by atomic mass is 9.89. The predicted molar refractivity (Wildman–Crippen MR) is 86.6 cm³/mol. The molecule has 0 aromatic carbocycles. The Bertz CT molecular complexity index is 602. The second-order valence-corrected chi connectivity index (χ2v) is 9.25. The second kappa shape index (κ2) is 5.76. The molecule has 2 aliphatic rings. The first kappa shape index (κ1) is 15.1. The SMILES string of the molecule is CN(CC1CCCCC1)c1snc(N)c1S(=O)(=O)C1CC1. The Labute approximate surface area is 130 Å². The molecule has 0 bridgehead atoms. The van der Waals surface area contributed by atoms with E-state index in [1.807, 2.05) is 7.05 Å². The second-order valence-electron chi connectivity index (χ2n) is 6.33. The Hall–Kier alpha value is -0.820. The van der Waals surface area contributed by atoms with E-state index in [2.05, 4.69) is 9.27 Å². The Kier molecular flexibility index (Phi) is 4.14. The lowest BCUT2D eigenvalue weighted by Gasteiger charge is -2.27. The van der Waals surface area contributed by atoms with Gasteiger partial charge in [0.25, 0.3) is 0 Å². The lowest BCUT2D eigenvalue weighted by Crippen LogP contribution is -2.27. The molecule has 2 N–H and O–H groups in total. The van der Waals surface area contributed by atoms with Crippen molar-refractivity contribution in [2.45, 2.75) is 55.1 Å². The first-order chi connectivity index (χ1) is 10.00. The fourth-order valence-corrected chi connectivity index (χ4v) is 6.20. The Morgan fingerprint density at radius 2 is 1.90 bits per heavy atom. The Balaban J connectivity index is 1.81. The van der Waals surface area contributed by atoms with E-state index in [9.17, 15) is 8.42 Å². The molecule has 7 heteroatoms. The van der Waals surface area contributed by atoms with E-state index in [1.165, 1.54) is 43.6 Å². The highest BCUT2D eigenvalue weighted by Gasteiger charge is 2.41. The summed E-state index contributed by atoms with van der Waals surface area (Å²) >= 11 is 1.22. The van der Waals surface area contributed by atoms with Crippen molar-refractivity contribution < 1.29 is 8.42 Å². The lowest BCUT2D eigenvalue weighted by molar-refractivity contribution is 0.362. The van der Waals surface area contributed by atoms with Gasteiger partial charge >= 0.3 is 0 Å². The van der Waals surface area contributed by atoms with E-state index in [0.29, 0.717) is 5.92 Å². The average Bonchev–Trinajstić information content (AvgIpc) is 3.23. The molecule has 118 valence electrons. The molecule has 0 saturated heterocycles. The van der Waals surface area contributed by atoms with Crippen molar-refractivity contribution in [1.29, 1.82) is 0 Å². The van der Waals surface area contributed by atoms with Crippen LogP contribution in [-0.2, 0) is 9.84 Å². The van der Waals surface area contributed by atoms with Gasteiger partial charge < -0.3 is 10.6 Å². The van der Waals surface area contributed by atoms with Crippen molar-refractivity contribution in [3.8, 4) is 0 Å². The van der Waals surface area contributed by atoms with Gasteiger partial charge in [-0.05, 0) is 43.1 Å². The van der Waals surface area contributed by atoms with E-state index < -0.39 is 9.84 Å². The largest absolute Gasteiger partial charge is 0.382 e. The molecule has 1 aromatic heterocycles. The predicted octanol–water partition coefficient (Wildman–Crippen LogP) is 2.68. The van der Waals surface area contributed by atoms with Crippen LogP contribution in [0.15, 0.2) is 4.90 Å². The number of hydrogen-bond donors (Lipinski definition) is 1. The summed E-state index contributed by atoms with van der Waals surface area (Å²) in [6, 6.07) is 0. The number of rotatable bonds is 5. The molecule has 1 heterocycles. The summed E-state index contributed by atoms with van der Waals surface area (Å²) < 4.78 is 29.2. The highest BCUT2D eigenvalue weighted by Crippen LogP contribution is 2.42. The number of aromatic nitrogens is 1. The third-order valence-corrected chi connectivity index (χ3v) is 7.94. The summed E-state index contributed by atoms with van der Waals surface area (Å²) in [5.41, 5.74) is 5.86. The van der Waals surface area contributed by atoms with Crippen LogP contribution in [-0.4, -0.2) is 31.6 Å². The van der Waals surface area contributed by atoms with Crippen LogP contribution in [0, 0.1) is 5.92 Å². The van der Waals surface area contributed by atoms with Crippen LogP contribution in [0.3, 0.4) is 0 Å². The minimum atomic E-state index is -3.29. The van der Waals surface area contributed by atoms with E-state index in [1.54, 1.807) is 0 Å². The number of nitrogens with zero attached hydrogens (tertiary/aromatic N) is 2. The molecule has 2 saturated carbocycles. The Morgan fingerprint density at radius 1 is 1.24 bits per heavy atom. The number of sulfone groups is 1. The molecule has 0 amide bonds. The number of nitrogens with two attached hydrogens (primary N) is 1. The van der Waals surface area contributed by atoms with Gasteiger partial charge in [0.2, 0.25) is 0 Å². The molecule has 0 spiro atoms. The van der Waals surface area contributed by atoms with Gasteiger partial charge in [-0.1, -0.05) is 19.3 Å². The first-order valence-electron chi connectivity index (χ1n) is 7.70. The molecular formula is C14H23N3O2S2. The van der Waals surface area contributed by atoms with Crippen LogP contribution in [0.1, 0.15) is 44.9 Å². The van der Waals surface area contributed by atoms with Crippen LogP contribution >= 0.6 is 11.5 Å². The maximum atomic E-state index is 12.6. The number of hydrogen-bond acceptors (Lipinski definition) is 6. The van der Waals surface area contributed by atoms with Crippen molar-refractivity contribution in [2.24, 2.45) is 5.92 Å². The van der Waals surface area contributed by atoms with Gasteiger partial charge in [-0.2, -0.15) is 4.37 Å². The molecular weight excluding hydrogens is 306 g/mol. The minimum Gasteiger partial charge on any atom is -0.382 e. The van der Waals surface area contributed by atoms with E-state index in [0.717, 1.165) is 24.4 Å². The Morgan fingerprint density at radius 3 is 2.52 bits per heavy atom. The van der Waals surface area contributed by atoms with Crippen molar-refractivity contribution in [2.75, 3.05) is 24.2 Å². The van der Waals surface area contributed by atoms with Crippen LogP contribution in [0.5, 0.6) is 0 Å². The minimum absolute atomic E-state index is 0.178. The molecule has 2 aliphatic carbocycles. The standard InChI is InChI=1S/C14H23N3O2S2/c1-17(9-10-5-3-2-4-6-10)14-12(13(15)16-20-14)21(18,19)11-7-8-11/h10-11H,2-9H2,1H3,(H2,15,16). The maximum absolute atomic E-state index is 12.6. The van der Waals surface area contributed by atoms with Gasteiger partial charge in [-0.25, -0.2) is 8.42 Å². The third kappa shape index (κ3) is 3.04. The molecule has 2 fully saturated rings. The summed E-state index contributed by atoms with van der Waals surface area (Å²) in [7, 11) is -1.32. The molecule has 5 nitrogen and oxygen atoms in total. The summed E-state index contributed by atoms with van der Waals surface area (Å²) in [5.74, 6) is 0.834. The summed E-state index contributed by atoms with van der Waals surface area (Å²) in [6.07, 6.45) is 7.89. The van der Waals surface area contributed by atoms with Gasteiger partial charge in [0.15, 0.2) is 15.7 Å². The van der Waals surface area contributed by atoms with E-state index in [4.69, 9.17) is 5.73 Å². The van der Waals surface area contributed by atoms with Crippen LogP contribution in [0.25, 0.3) is 0 Å². The van der Waals surface area contributed by atoms with Crippen LogP contribution in [0.4, 0.5) is 10.8 Å². The van der Waals surface area contributed by atoms with Crippen LogP contribution < -0.4 is 10.6 Å². The normalized spacial score (nSPS) is 20.6. The van der Waals surface area contributed by atoms with Gasteiger partial charge in [0.1, 0.15) is 9.90 Å². The summed E-state index contributed by atoms with van der Waals surface area (Å²) in [4.78, 5) is 2.34. The van der Waals surface area contributed by atoms with Crippen LogP contribution in [0.2, 0.25) is 0 Å². The quantitative estimate of drug-likeness (QED) is 0.899. The first-order valence-corrected chi connectivity index (χ1v) is 10.0. The zero-order valence-corrected chi connectivity index (χ0v) is 14.0. The molecule has 0 radical (unpaired) electrons. The highest BCUT2D eigenvalue weighted by molar-refractivity contribution is 7.92. The average molecular weight is 329 g/mol. The monoisotopic (exact) mass is 329 g/mol. The summed E-state index contributed by atoms with van der Waals surface area (Å²) in [5, 5.41) is 0.489. The fourth-order valence-electron chi connectivity index (χ4n) is 3.18. The topological polar surface area (TPSA) is 76.3 Å². The fraction of sp³-hybridized carbons (Fsp3) is 0.786. The van der Waals surface area contributed by atoms with Crippen molar-refractivity contribution in [3.05, 3.63) is 0 Å². The van der Waals surface area contributed by atoms with Gasteiger partial charge in [-0.3, -0.25) is 0 Å². The number of anilines is 2. The van der Waals surface area contributed by atoms with Gasteiger partial charge in [-0.15, -0.1) is 0 Å². The smallest absolute Gasteiger partial charge is 0.187 e. The van der Waals surface area contributed by atoms with E-state index in [-0.39, 0.29) is 16.0 Å². The zero-order valence-electron chi connectivity index (χ0n) is 12.4. The molecule has 21 heavy (non-hydrogen) atoms. The number of nitrogen functional groups attached to an aromatic ring is 1. The zero-order chi connectivity index (χ0) is 15.0. The molecule has 3 rings (SSSR count). The van der Waals surface area contributed by atoms with Crippen molar-refractivity contribution in [3.63, 3.8) is 0 Å².